The number of tetrazole rings is 1. The molecule has 1 amide bonds. The third kappa shape index (κ3) is 3.27. The Morgan fingerprint density at radius 2 is 1.83 bits per heavy atom. The summed E-state index contributed by atoms with van der Waals surface area (Å²) in [6.45, 7) is 0. The van der Waals surface area contributed by atoms with Crippen LogP contribution in [0.2, 0.25) is 0 Å². The highest BCUT2D eigenvalue weighted by atomic mass is 16.5. The van der Waals surface area contributed by atoms with Gasteiger partial charge in [0, 0.05) is 11.3 Å². The minimum absolute atomic E-state index is 0.291. The lowest BCUT2D eigenvalue weighted by Crippen LogP contribution is -2.12. The standard InChI is InChI=1S/C16H13N5O3/c1-24-16(23)12-7-5-11(6-8-12)15(22)18-13-3-2-4-14(9-13)21-10-17-19-20-21/h2-10H,1H3,(H,18,22). The summed E-state index contributed by atoms with van der Waals surface area (Å²) in [5.74, 6) is -0.739. The van der Waals surface area contributed by atoms with E-state index in [1.165, 1.54) is 30.3 Å². The number of amides is 1. The van der Waals surface area contributed by atoms with E-state index >= 15 is 0 Å². The molecule has 0 aliphatic heterocycles. The van der Waals surface area contributed by atoms with E-state index in [4.69, 9.17) is 0 Å². The van der Waals surface area contributed by atoms with Crippen molar-refractivity contribution in [2.24, 2.45) is 0 Å². The minimum atomic E-state index is -0.448. The number of esters is 1. The van der Waals surface area contributed by atoms with E-state index in [-0.39, 0.29) is 5.91 Å². The average molecular weight is 323 g/mol. The predicted octanol–water partition coefficient (Wildman–Crippen LogP) is 1.70. The molecule has 1 N–H and O–H groups in total. The lowest BCUT2D eigenvalue weighted by Gasteiger charge is -2.07. The molecule has 3 aromatic rings. The van der Waals surface area contributed by atoms with Crippen molar-refractivity contribution in [2.45, 2.75) is 0 Å². The molecule has 8 heteroatoms. The lowest BCUT2D eigenvalue weighted by molar-refractivity contribution is 0.0600. The van der Waals surface area contributed by atoms with Gasteiger partial charge in [-0.3, -0.25) is 4.79 Å². The van der Waals surface area contributed by atoms with E-state index in [1.54, 1.807) is 30.3 Å². The first-order chi connectivity index (χ1) is 11.7. The number of benzene rings is 2. The SMILES string of the molecule is COC(=O)c1ccc(C(=O)Nc2cccc(-n3cnnn3)c2)cc1. The summed E-state index contributed by atoms with van der Waals surface area (Å²) in [4.78, 5) is 23.7. The largest absolute Gasteiger partial charge is 0.465 e. The number of aromatic nitrogens is 4. The number of anilines is 1. The number of methoxy groups -OCH3 is 1. The van der Waals surface area contributed by atoms with E-state index in [2.05, 4.69) is 25.6 Å². The molecule has 8 nitrogen and oxygen atoms in total. The summed E-state index contributed by atoms with van der Waals surface area (Å²) in [5.41, 5.74) is 2.13. The van der Waals surface area contributed by atoms with Gasteiger partial charge in [-0.15, -0.1) is 5.10 Å². The van der Waals surface area contributed by atoms with Crippen LogP contribution in [-0.2, 0) is 4.74 Å². The molecule has 0 spiro atoms. The summed E-state index contributed by atoms with van der Waals surface area (Å²) in [6.07, 6.45) is 1.46. The molecule has 3 rings (SSSR count). The molecule has 0 saturated heterocycles. The van der Waals surface area contributed by atoms with E-state index in [0.717, 1.165) is 5.69 Å². The number of hydrogen-bond donors (Lipinski definition) is 1. The molecule has 0 saturated carbocycles. The minimum Gasteiger partial charge on any atom is -0.465 e. The number of nitrogens with zero attached hydrogens (tertiary/aromatic N) is 4. The molecule has 1 aromatic heterocycles. The number of ether oxygens (including phenoxy) is 1. The van der Waals surface area contributed by atoms with Crippen LogP contribution in [0.15, 0.2) is 54.9 Å². The molecule has 120 valence electrons. The van der Waals surface area contributed by atoms with Gasteiger partial charge in [-0.05, 0) is 52.9 Å². The lowest BCUT2D eigenvalue weighted by atomic mass is 10.1. The van der Waals surface area contributed by atoms with Crippen LogP contribution in [0.3, 0.4) is 0 Å². The summed E-state index contributed by atoms with van der Waals surface area (Å²) < 4.78 is 6.11. The predicted molar refractivity (Wildman–Crippen MR) is 84.9 cm³/mol. The van der Waals surface area contributed by atoms with Crippen LogP contribution in [0.4, 0.5) is 5.69 Å². The normalized spacial score (nSPS) is 10.2. The van der Waals surface area contributed by atoms with Crippen molar-refractivity contribution in [3.8, 4) is 5.69 Å². The van der Waals surface area contributed by atoms with Gasteiger partial charge in [0.15, 0.2) is 0 Å². The Balaban J connectivity index is 1.75. The Morgan fingerprint density at radius 3 is 2.50 bits per heavy atom. The molecule has 0 aliphatic carbocycles. The van der Waals surface area contributed by atoms with E-state index in [9.17, 15) is 9.59 Å². The maximum absolute atomic E-state index is 12.3. The zero-order chi connectivity index (χ0) is 16.9. The molecule has 0 atom stereocenters. The van der Waals surface area contributed by atoms with Crippen LogP contribution in [0.1, 0.15) is 20.7 Å². The first-order valence-corrected chi connectivity index (χ1v) is 7.00. The fourth-order valence-electron chi connectivity index (χ4n) is 2.08. The van der Waals surface area contributed by atoms with Gasteiger partial charge in [0.05, 0.1) is 18.4 Å². The quantitative estimate of drug-likeness (QED) is 0.734. The summed E-state index contributed by atoms with van der Waals surface area (Å²) in [6, 6.07) is 13.3. The molecule has 0 aliphatic rings. The third-order valence-electron chi connectivity index (χ3n) is 3.29. The Hall–Kier alpha value is -3.55. The van der Waals surface area contributed by atoms with Crippen molar-refractivity contribution in [3.63, 3.8) is 0 Å². The average Bonchev–Trinajstić information content (AvgIpc) is 3.16. The Bertz CT molecular complexity index is 860. The van der Waals surface area contributed by atoms with Crippen LogP contribution in [-0.4, -0.2) is 39.2 Å². The second-order valence-electron chi connectivity index (χ2n) is 4.83. The second-order valence-corrected chi connectivity index (χ2v) is 4.83. The molecule has 1 heterocycles. The smallest absolute Gasteiger partial charge is 0.337 e. The van der Waals surface area contributed by atoms with Crippen LogP contribution < -0.4 is 5.32 Å². The summed E-state index contributed by atoms with van der Waals surface area (Å²) in [5, 5.41) is 13.7. The monoisotopic (exact) mass is 323 g/mol. The highest BCUT2D eigenvalue weighted by molar-refractivity contribution is 6.04. The first-order valence-electron chi connectivity index (χ1n) is 7.00. The van der Waals surface area contributed by atoms with Gasteiger partial charge in [0.1, 0.15) is 6.33 Å². The van der Waals surface area contributed by atoms with Crippen LogP contribution in [0.5, 0.6) is 0 Å². The number of hydrogen-bond acceptors (Lipinski definition) is 6. The van der Waals surface area contributed by atoms with Crippen LogP contribution >= 0.6 is 0 Å². The topological polar surface area (TPSA) is 99.0 Å². The van der Waals surface area contributed by atoms with Crippen molar-refractivity contribution in [1.82, 2.24) is 20.2 Å². The van der Waals surface area contributed by atoms with E-state index in [0.29, 0.717) is 16.8 Å². The number of nitrogens with one attached hydrogen (secondary N) is 1. The summed E-state index contributed by atoms with van der Waals surface area (Å²) in [7, 11) is 1.31. The van der Waals surface area contributed by atoms with Crippen LogP contribution in [0.25, 0.3) is 5.69 Å². The Kier molecular flexibility index (Phi) is 4.28. The number of carbonyl (C=O) groups excluding carboxylic acids is 2. The molecule has 24 heavy (non-hydrogen) atoms. The zero-order valence-corrected chi connectivity index (χ0v) is 12.7. The van der Waals surface area contributed by atoms with Crippen molar-refractivity contribution in [2.75, 3.05) is 12.4 Å². The highest BCUT2D eigenvalue weighted by Crippen LogP contribution is 2.15. The van der Waals surface area contributed by atoms with Gasteiger partial charge >= 0.3 is 5.97 Å². The van der Waals surface area contributed by atoms with Crippen molar-refractivity contribution >= 4 is 17.6 Å². The second kappa shape index (κ2) is 6.69. The fourth-order valence-corrected chi connectivity index (χ4v) is 2.08. The Morgan fingerprint density at radius 1 is 1.08 bits per heavy atom. The van der Waals surface area contributed by atoms with Gasteiger partial charge in [0.25, 0.3) is 5.91 Å². The van der Waals surface area contributed by atoms with Gasteiger partial charge in [-0.2, -0.15) is 0 Å². The van der Waals surface area contributed by atoms with Gasteiger partial charge < -0.3 is 10.1 Å². The van der Waals surface area contributed by atoms with E-state index < -0.39 is 5.97 Å². The molecule has 0 radical (unpaired) electrons. The third-order valence-corrected chi connectivity index (χ3v) is 3.29. The molecule has 0 unspecified atom stereocenters. The molecular weight excluding hydrogens is 310 g/mol. The summed E-state index contributed by atoms with van der Waals surface area (Å²) >= 11 is 0. The Labute approximate surface area is 137 Å². The van der Waals surface area contributed by atoms with Gasteiger partial charge in [0.2, 0.25) is 0 Å². The zero-order valence-electron chi connectivity index (χ0n) is 12.7. The maximum atomic E-state index is 12.3. The first kappa shape index (κ1) is 15.3. The highest BCUT2D eigenvalue weighted by Gasteiger charge is 2.10. The van der Waals surface area contributed by atoms with Crippen LogP contribution in [0, 0.1) is 0 Å². The van der Waals surface area contributed by atoms with Crippen molar-refractivity contribution in [3.05, 3.63) is 66.0 Å². The van der Waals surface area contributed by atoms with Gasteiger partial charge in [-0.1, -0.05) is 6.07 Å². The maximum Gasteiger partial charge on any atom is 0.337 e. The molecule has 0 bridgehead atoms. The molecule has 2 aromatic carbocycles. The number of rotatable bonds is 4. The fraction of sp³-hybridized carbons (Fsp3) is 0.0625. The van der Waals surface area contributed by atoms with Crippen molar-refractivity contribution in [1.29, 1.82) is 0 Å². The molecule has 0 fully saturated rings. The van der Waals surface area contributed by atoms with Gasteiger partial charge in [-0.25, -0.2) is 9.48 Å². The van der Waals surface area contributed by atoms with E-state index in [1.807, 2.05) is 6.07 Å². The molecular formula is C16H13N5O3. The van der Waals surface area contributed by atoms with Crippen molar-refractivity contribution < 1.29 is 14.3 Å². The number of carbonyl (C=O) groups is 2.